The molecule has 172 valence electrons. The molecule has 2 aromatic carbocycles. The third kappa shape index (κ3) is 5.82. The number of benzene rings is 2. The van der Waals surface area contributed by atoms with Crippen LogP contribution in [0.3, 0.4) is 0 Å². The molecule has 0 atom stereocenters. The van der Waals surface area contributed by atoms with Gasteiger partial charge in [0.15, 0.2) is 0 Å². The Hall–Kier alpha value is -3.12. The van der Waals surface area contributed by atoms with E-state index in [4.69, 9.17) is 0 Å². The Labute approximate surface area is 200 Å². The SMILES string of the molecule is Cc1ccsc1CN(Cc1ccccc1)C(=O)CN(C(=O)Nc1cccc(C)c1C)C1CC1. The summed E-state index contributed by atoms with van der Waals surface area (Å²) in [4.78, 5) is 31.5. The van der Waals surface area contributed by atoms with E-state index in [1.807, 2.05) is 67.3 Å². The lowest BCUT2D eigenvalue weighted by atomic mass is 10.1. The summed E-state index contributed by atoms with van der Waals surface area (Å²) in [7, 11) is 0. The second-order valence-corrected chi connectivity index (χ2v) is 9.80. The van der Waals surface area contributed by atoms with Gasteiger partial charge < -0.3 is 15.1 Å². The van der Waals surface area contributed by atoms with Gasteiger partial charge in [0.1, 0.15) is 6.54 Å². The van der Waals surface area contributed by atoms with Crippen molar-refractivity contribution in [2.24, 2.45) is 0 Å². The molecule has 0 radical (unpaired) electrons. The number of amides is 3. The first-order valence-corrected chi connectivity index (χ1v) is 12.3. The summed E-state index contributed by atoms with van der Waals surface area (Å²) >= 11 is 1.67. The summed E-state index contributed by atoms with van der Waals surface area (Å²) in [6.45, 7) is 7.26. The van der Waals surface area contributed by atoms with E-state index in [0.29, 0.717) is 13.1 Å². The molecule has 1 aromatic heterocycles. The van der Waals surface area contributed by atoms with Gasteiger partial charge in [-0.25, -0.2) is 4.79 Å². The Balaban J connectivity index is 1.51. The van der Waals surface area contributed by atoms with Crippen LogP contribution in [-0.4, -0.2) is 34.3 Å². The van der Waals surface area contributed by atoms with E-state index in [0.717, 1.165) is 35.2 Å². The monoisotopic (exact) mass is 461 g/mol. The highest BCUT2D eigenvalue weighted by molar-refractivity contribution is 7.10. The molecule has 1 heterocycles. The van der Waals surface area contributed by atoms with Crippen molar-refractivity contribution in [2.45, 2.75) is 52.7 Å². The standard InChI is InChI=1S/C27H31N3O2S/c1-19-8-7-11-24(21(19)3)28-27(32)30(23-12-13-23)18-26(31)29(16-22-9-5-4-6-10-22)17-25-20(2)14-15-33-25/h4-11,14-15,23H,12-13,16-18H2,1-3H3,(H,28,32). The maximum Gasteiger partial charge on any atom is 0.322 e. The minimum Gasteiger partial charge on any atom is -0.332 e. The van der Waals surface area contributed by atoms with Crippen molar-refractivity contribution in [1.82, 2.24) is 9.80 Å². The highest BCUT2D eigenvalue weighted by atomic mass is 32.1. The summed E-state index contributed by atoms with van der Waals surface area (Å²) in [6, 6.07) is 17.9. The summed E-state index contributed by atoms with van der Waals surface area (Å²) in [5, 5.41) is 5.10. The van der Waals surface area contributed by atoms with Crippen LogP contribution < -0.4 is 5.32 Å². The lowest BCUT2D eigenvalue weighted by Gasteiger charge is -2.28. The number of hydrogen-bond donors (Lipinski definition) is 1. The van der Waals surface area contributed by atoms with Gasteiger partial charge in [-0.2, -0.15) is 0 Å². The first-order valence-electron chi connectivity index (χ1n) is 11.4. The number of aryl methyl sites for hydroxylation is 2. The molecule has 0 bridgehead atoms. The van der Waals surface area contributed by atoms with Crippen LogP contribution in [0.4, 0.5) is 10.5 Å². The second-order valence-electron chi connectivity index (χ2n) is 8.80. The molecule has 1 N–H and O–H groups in total. The zero-order chi connectivity index (χ0) is 23.4. The van der Waals surface area contributed by atoms with Crippen LogP contribution in [-0.2, 0) is 17.9 Å². The minimum atomic E-state index is -0.202. The Morgan fingerprint density at radius 1 is 0.939 bits per heavy atom. The van der Waals surface area contributed by atoms with Crippen molar-refractivity contribution in [3.05, 3.63) is 87.1 Å². The van der Waals surface area contributed by atoms with E-state index in [9.17, 15) is 9.59 Å². The average molecular weight is 462 g/mol. The van der Waals surface area contributed by atoms with Crippen molar-refractivity contribution in [2.75, 3.05) is 11.9 Å². The Morgan fingerprint density at radius 2 is 1.70 bits per heavy atom. The van der Waals surface area contributed by atoms with E-state index in [-0.39, 0.29) is 24.5 Å². The molecular weight excluding hydrogens is 430 g/mol. The van der Waals surface area contributed by atoms with Crippen LogP contribution in [0, 0.1) is 20.8 Å². The van der Waals surface area contributed by atoms with E-state index >= 15 is 0 Å². The number of thiophene rings is 1. The number of carbonyl (C=O) groups excluding carboxylic acids is 2. The van der Waals surface area contributed by atoms with E-state index in [1.54, 1.807) is 16.2 Å². The molecule has 4 rings (SSSR count). The van der Waals surface area contributed by atoms with Gasteiger partial charge in [-0.1, -0.05) is 42.5 Å². The first-order chi connectivity index (χ1) is 15.9. The molecule has 1 saturated carbocycles. The average Bonchev–Trinajstić information content (AvgIpc) is 3.57. The zero-order valence-electron chi connectivity index (χ0n) is 19.5. The fourth-order valence-corrected chi connectivity index (χ4v) is 4.77. The maximum absolute atomic E-state index is 13.5. The van der Waals surface area contributed by atoms with E-state index in [2.05, 4.69) is 23.7 Å². The van der Waals surface area contributed by atoms with Crippen LogP contribution in [0.15, 0.2) is 60.0 Å². The lowest BCUT2D eigenvalue weighted by molar-refractivity contribution is -0.133. The Bertz CT molecular complexity index is 1120. The van der Waals surface area contributed by atoms with Crippen LogP contribution in [0.2, 0.25) is 0 Å². The third-order valence-corrected chi connectivity index (χ3v) is 7.28. The number of nitrogens with one attached hydrogen (secondary N) is 1. The number of carbonyl (C=O) groups is 2. The molecule has 1 aliphatic carbocycles. The van der Waals surface area contributed by atoms with Crippen LogP contribution in [0.1, 0.15) is 40.0 Å². The Morgan fingerprint density at radius 3 is 2.36 bits per heavy atom. The molecule has 0 aliphatic heterocycles. The molecule has 1 aliphatic rings. The molecule has 0 unspecified atom stereocenters. The van der Waals surface area contributed by atoms with E-state index in [1.165, 1.54) is 10.4 Å². The smallest absolute Gasteiger partial charge is 0.322 e. The Kier molecular flexibility index (Phi) is 7.14. The molecule has 33 heavy (non-hydrogen) atoms. The zero-order valence-corrected chi connectivity index (χ0v) is 20.3. The first kappa shape index (κ1) is 23.1. The number of urea groups is 1. The van der Waals surface area contributed by atoms with Gasteiger partial charge in [-0.05, 0) is 73.4 Å². The summed E-state index contributed by atoms with van der Waals surface area (Å²) in [5.41, 5.74) is 5.25. The topological polar surface area (TPSA) is 52.7 Å². The number of nitrogens with zero attached hydrogens (tertiary/aromatic N) is 2. The molecular formula is C27H31N3O2S. The number of anilines is 1. The molecule has 6 heteroatoms. The van der Waals surface area contributed by atoms with Crippen molar-refractivity contribution in [1.29, 1.82) is 0 Å². The predicted octanol–water partition coefficient (Wildman–Crippen LogP) is 5.90. The summed E-state index contributed by atoms with van der Waals surface area (Å²) in [5.74, 6) is -0.0327. The summed E-state index contributed by atoms with van der Waals surface area (Å²) < 4.78 is 0. The number of hydrogen-bond acceptors (Lipinski definition) is 3. The largest absolute Gasteiger partial charge is 0.332 e. The highest BCUT2D eigenvalue weighted by Crippen LogP contribution is 2.29. The molecule has 3 aromatic rings. The van der Waals surface area contributed by atoms with E-state index < -0.39 is 0 Å². The number of rotatable bonds is 8. The molecule has 3 amide bonds. The fourth-order valence-electron chi connectivity index (χ4n) is 3.85. The van der Waals surface area contributed by atoms with Crippen LogP contribution in [0.5, 0.6) is 0 Å². The van der Waals surface area contributed by atoms with Crippen molar-refractivity contribution in [3.63, 3.8) is 0 Å². The van der Waals surface area contributed by atoms with Crippen molar-refractivity contribution < 1.29 is 9.59 Å². The second kappa shape index (κ2) is 10.2. The molecule has 0 saturated heterocycles. The maximum atomic E-state index is 13.5. The molecule has 1 fully saturated rings. The third-order valence-electron chi connectivity index (χ3n) is 6.27. The van der Waals surface area contributed by atoms with Gasteiger partial charge in [0.25, 0.3) is 0 Å². The van der Waals surface area contributed by atoms with Crippen molar-refractivity contribution >= 4 is 29.0 Å². The van der Waals surface area contributed by atoms with Gasteiger partial charge in [0.05, 0.1) is 6.54 Å². The highest BCUT2D eigenvalue weighted by Gasteiger charge is 2.35. The lowest BCUT2D eigenvalue weighted by Crippen LogP contribution is -2.45. The molecule has 0 spiro atoms. The van der Waals surface area contributed by atoms with Gasteiger partial charge >= 0.3 is 6.03 Å². The molecule has 5 nitrogen and oxygen atoms in total. The van der Waals surface area contributed by atoms with Crippen molar-refractivity contribution in [3.8, 4) is 0 Å². The van der Waals surface area contributed by atoms with Gasteiger partial charge in [-0.3, -0.25) is 4.79 Å². The van der Waals surface area contributed by atoms with Gasteiger partial charge in [-0.15, -0.1) is 11.3 Å². The van der Waals surface area contributed by atoms with Gasteiger partial charge in [0.2, 0.25) is 5.91 Å². The van der Waals surface area contributed by atoms with Crippen LogP contribution >= 0.6 is 11.3 Å². The quantitative estimate of drug-likeness (QED) is 0.454. The van der Waals surface area contributed by atoms with Gasteiger partial charge in [0, 0.05) is 23.2 Å². The van der Waals surface area contributed by atoms with Crippen LogP contribution in [0.25, 0.3) is 0 Å². The normalized spacial score (nSPS) is 12.9. The fraction of sp³-hybridized carbons (Fsp3) is 0.333. The minimum absolute atomic E-state index is 0.0327. The summed E-state index contributed by atoms with van der Waals surface area (Å²) in [6.07, 6.45) is 1.88. The predicted molar refractivity (Wildman–Crippen MR) is 134 cm³/mol.